The molecule has 0 N–H and O–H groups in total. The van der Waals surface area contributed by atoms with Gasteiger partial charge in [-0.1, -0.05) is 32.6 Å². The van der Waals surface area contributed by atoms with Crippen molar-refractivity contribution in [3.8, 4) is 0 Å². The van der Waals surface area contributed by atoms with Crippen LogP contribution in [0.3, 0.4) is 0 Å². The highest BCUT2D eigenvalue weighted by atomic mass is 16.6. The zero-order valence-corrected chi connectivity index (χ0v) is 12.1. The molecule has 0 saturated carbocycles. The van der Waals surface area contributed by atoms with Crippen molar-refractivity contribution < 1.29 is 19.1 Å². The van der Waals surface area contributed by atoms with E-state index in [1.54, 1.807) is 20.8 Å². The Hall–Kier alpha value is -1.06. The summed E-state index contributed by atoms with van der Waals surface area (Å²) in [5.41, 5.74) is -1.15. The Morgan fingerprint density at radius 3 is 1.78 bits per heavy atom. The van der Waals surface area contributed by atoms with E-state index < -0.39 is 17.4 Å². The van der Waals surface area contributed by atoms with Gasteiger partial charge in [0, 0.05) is 0 Å². The van der Waals surface area contributed by atoms with Gasteiger partial charge in [0.25, 0.3) is 0 Å². The summed E-state index contributed by atoms with van der Waals surface area (Å²) in [6.45, 7) is 7.78. The van der Waals surface area contributed by atoms with E-state index in [2.05, 4.69) is 6.92 Å². The molecule has 0 aromatic rings. The smallest absolute Gasteiger partial charge is 0.323 e. The van der Waals surface area contributed by atoms with Crippen LogP contribution in [0.4, 0.5) is 0 Å². The second kappa shape index (κ2) is 8.95. The topological polar surface area (TPSA) is 52.6 Å². The fourth-order valence-electron chi connectivity index (χ4n) is 1.77. The maximum absolute atomic E-state index is 11.9. The monoisotopic (exact) mass is 258 g/mol. The predicted octanol–water partition coefficient (Wildman–Crippen LogP) is 3.09. The van der Waals surface area contributed by atoms with E-state index in [0.29, 0.717) is 6.42 Å². The summed E-state index contributed by atoms with van der Waals surface area (Å²) in [4.78, 5) is 23.8. The molecule has 106 valence electrons. The van der Waals surface area contributed by atoms with E-state index in [0.717, 1.165) is 25.7 Å². The summed E-state index contributed by atoms with van der Waals surface area (Å²) >= 11 is 0. The molecule has 18 heavy (non-hydrogen) atoms. The van der Waals surface area contributed by atoms with Crippen molar-refractivity contribution in [1.82, 2.24) is 0 Å². The molecule has 0 unspecified atom stereocenters. The second-order valence-electron chi connectivity index (χ2n) is 4.58. The van der Waals surface area contributed by atoms with Crippen LogP contribution >= 0.6 is 0 Å². The van der Waals surface area contributed by atoms with Gasteiger partial charge in [0.1, 0.15) is 0 Å². The van der Waals surface area contributed by atoms with Crippen LogP contribution in [-0.4, -0.2) is 25.2 Å². The van der Waals surface area contributed by atoms with Crippen LogP contribution in [0.5, 0.6) is 0 Å². The number of carbonyl (C=O) groups is 2. The van der Waals surface area contributed by atoms with E-state index in [4.69, 9.17) is 9.47 Å². The van der Waals surface area contributed by atoms with Gasteiger partial charge in [-0.15, -0.1) is 0 Å². The summed E-state index contributed by atoms with van der Waals surface area (Å²) in [5, 5.41) is 0. The quantitative estimate of drug-likeness (QED) is 0.362. The molecule has 0 radical (unpaired) electrons. The van der Waals surface area contributed by atoms with E-state index >= 15 is 0 Å². The minimum Gasteiger partial charge on any atom is -0.465 e. The Bertz CT molecular complexity index is 243. The van der Waals surface area contributed by atoms with Gasteiger partial charge >= 0.3 is 11.9 Å². The normalized spacial score (nSPS) is 11.1. The third-order valence-corrected chi connectivity index (χ3v) is 2.98. The molecule has 0 fully saturated rings. The molecule has 0 heterocycles. The predicted molar refractivity (Wildman–Crippen MR) is 70.1 cm³/mol. The van der Waals surface area contributed by atoms with E-state index in [-0.39, 0.29) is 13.2 Å². The molecule has 0 rings (SSSR count). The Kier molecular flexibility index (Phi) is 8.42. The molecule has 0 aromatic heterocycles. The van der Waals surface area contributed by atoms with Crippen LogP contribution in [0.1, 0.15) is 59.8 Å². The summed E-state index contributed by atoms with van der Waals surface area (Å²) in [7, 11) is 0. The maximum atomic E-state index is 11.9. The number of unbranched alkanes of at least 4 members (excludes halogenated alkanes) is 3. The van der Waals surface area contributed by atoms with Crippen molar-refractivity contribution in [1.29, 1.82) is 0 Å². The Balaban J connectivity index is 4.58. The number of esters is 2. The number of carbonyl (C=O) groups excluding carboxylic acids is 2. The Morgan fingerprint density at radius 1 is 0.889 bits per heavy atom. The minimum absolute atomic E-state index is 0.281. The zero-order valence-electron chi connectivity index (χ0n) is 12.1. The average Bonchev–Trinajstić information content (AvgIpc) is 2.35. The number of rotatable bonds is 9. The molecule has 0 saturated heterocycles. The van der Waals surface area contributed by atoms with Gasteiger partial charge in [-0.05, 0) is 27.2 Å². The summed E-state index contributed by atoms with van der Waals surface area (Å²) in [5.74, 6) is -0.945. The molecule has 0 aliphatic rings. The minimum atomic E-state index is -1.15. The van der Waals surface area contributed by atoms with Crippen molar-refractivity contribution in [2.45, 2.75) is 59.8 Å². The third kappa shape index (κ3) is 5.07. The molecule has 4 heteroatoms. The van der Waals surface area contributed by atoms with Crippen LogP contribution in [0.25, 0.3) is 0 Å². The van der Waals surface area contributed by atoms with Gasteiger partial charge in [-0.25, -0.2) is 0 Å². The molecule has 0 bridgehead atoms. The van der Waals surface area contributed by atoms with Gasteiger partial charge in [-0.2, -0.15) is 0 Å². The van der Waals surface area contributed by atoms with Crippen LogP contribution in [-0.2, 0) is 19.1 Å². The molecule has 0 aliphatic heterocycles. The third-order valence-electron chi connectivity index (χ3n) is 2.98. The van der Waals surface area contributed by atoms with Gasteiger partial charge in [-0.3, -0.25) is 9.59 Å². The summed E-state index contributed by atoms with van der Waals surface area (Å²) < 4.78 is 9.98. The fourth-order valence-corrected chi connectivity index (χ4v) is 1.77. The molecular formula is C14H26O4. The number of hydrogen-bond donors (Lipinski definition) is 0. The lowest BCUT2D eigenvalue weighted by Crippen LogP contribution is -2.39. The summed E-state index contributed by atoms with van der Waals surface area (Å²) in [6, 6.07) is 0. The van der Waals surface area contributed by atoms with Gasteiger partial charge < -0.3 is 9.47 Å². The van der Waals surface area contributed by atoms with E-state index in [1.165, 1.54) is 0 Å². The first-order valence-corrected chi connectivity index (χ1v) is 6.87. The second-order valence-corrected chi connectivity index (χ2v) is 4.58. The zero-order chi connectivity index (χ0) is 14.0. The molecule has 0 aliphatic carbocycles. The largest absolute Gasteiger partial charge is 0.465 e. The first-order valence-electron chi connectivity index (χ1n) is 6.87. The van der Waals surface area contributed by atoms with Crippen molar-refractivity contribution in [3.05, 3.63) is 0 Å². The first kappa shape index (κ1) is 16.9. The van der Waals surface area contributed by atoms with Gasteiger partial charge in [0.15, 0.2) is 5.41 Å². The lowest BCUT2D eigenvalue weighted by Gasteiger charge is -2.24. The SMILES string of the molecule is CCCCCCC(C)(C(=O)OCC)C(=O)OCC. The Morgan fingerprint density at radius 2 is 1.39 bits per heavy atom. The highest BCUT2D eigenvalue weighted by Crippen LogP contribution is 2.28. The lowest BCUT2D eigenvalue weighted by molar-refractivity contribution is -0.171. The van der Waals surface area contributed by atoms with E-state index in [1.807, 2.05) is 0 Å². The maximum Gasteiger partial charge on any atom is 0.323 e. The molecule has 0 spiro atoms. The average molecular weight is 258 g/mol. The number of hydrogen-bond acceptors (Lipinski definition) is 4. The molecular weight excluding hydrogens is 232 g/mol. The van der Waals surface area contributed by atoms with Crippen LogP contribution < -0.4 is 0 Å². The highest BCUT2D eigenvalue weighted by molar-refractivity contribution is 5.99. The highest BCUT2D eigenvalue weighted by Gasteiger charge is 2.43. The van der Waals surface area contributed by atoms with Gasteiger partial charge in [0.2, 0.25) is 0 Å². The Labute approximate surface area is 110 Å². The molecule has 0 atom stereocenters. The van der Waals surface area contributed by atoms with Crippen LogP contribution in [0, 0.1) is 5.41 Å². The van der Waals surface area contributed by atoms with Gasteiger partial charge in [0.05, 0.1) is 13.2 Å². The van der Waals surface area contributed by atoms with Crippen molar-refractivity contribution in [3.63, 3.8) is 0 Å². The number of ether oxygens (including phenoxy) is 2. The van der Waals surface area contributed by atoms with E-state index in [9.17, 15) is 9.59 Å². The molecule has 0 aromatic carbocycles. The fraction of sp³-hybridized carbons (Fsp3) is 0.857. The van der Waals surface area contributed by atoms with Crippen molar-refractivity contribution >= 4 is 11.9 Å². The van der Waals surface area contributed by atoms with Crippen LogP contribution in [0.15, 0.2) is 0 Å². The molecule has 0 amide bonds. The standard InChI is InChI=1S/C14H26O4/c1-5-8-9-10-11-14(4,12(15)17-6-2)13(16)18-7-3/h5-11H2,1-4H3. The van der Waals surface area contributed by atoms with Crippen molar-refractivity contribution in [2.24, 2.45) is 5.41 Å². The molecule has 4 nitrogen and oxygen atoms in total. The lowest BCUT2D eigenvalue weighted by atomic mass is 9.84. The first-order chi connectivity index (χ1) is 8.52. The van der Waals surface area contributed by atoms with Crippen LogP contribution in [0.2, 0.25) is 0 Å². The summed E-state index contributed by atoms with van der Waals surface area (Å²) in [6.07, 6.45) is 4.58. The van der Waals surface area contributed by atoms with Crippen molar-refractivity contribution in [2.75, 3.05) is 13.2 Å².